The van der Waals surface area contributed by atoms with Gasteiger partial charge >= 0.3 is 12.4 Å². The molecule has 0 radical (unpaired) electrons. The van der Waals surface area contributed by atoms with Gasteiger partial charge in [-0.05, 0) is 48.0 Å². The van der Waals surface area contributed by atoms with E-state index in [1.165, 1.54) is 29.2 Å². The van der Waals surface area contributed by atoms with Crippen LogP contribution in [0.4, 0.5) is 26.3 Å². The molecule has 2 aromatic carbocycles. The van der Waals surface area contributed by atoms with Crippen molar-refractivity contribution in [2.24, 2.45) is 4.99 Å². The zero-order valence-electron chi connectivity index (χ0n) is 22.3. The van der Waals surface area contributed by atoms with Crippen molar-refractivity contribution in [3.63, 3.8) is 0 Å². The number of amidine groups is 1. The first kappa shape index (κ1) is 31.7. The first-order valence-electron chi connectivity index (χ1n) is 12.3. The fourth-order valence-corrected chi connectivity index (χ4v) is 6.01. The third kappa shape index (κ3) is 7.58. The van der Waals surface area contributed by atoms with E-state index in [2.05, 4.69) is 4.99 Å². The van der Waals surface area contributed by atoms with Crippen molar-refractivity contribution in [2.45, 2.75) is 25.4 Å². The van der Waals surface area contributed by atoms with Crippen molar-refractivity contribution in [3.8, 4) is 11.5 Å². The highest BCUT2D eigenvalue weighted by Gasteiger charge is 2.38. The predicted molar refractivity (Wildman–Crippen MR) is 144 cm³/mol. The van der Waals surface area contributed by atoms with Crippen LogP contribution in [0, 0.1) is 0 Å². The average Bonchev–Trinajstić information content (AvgIpc) is 3.29. The fourth-order valence-electron chi connectivity index (χ4n) is 4.25. The maximum absolute atomic E-state index is 13.5. The lowest BCUT2D eigenvalue weighted by atomic mass is 10.0. The number of halogens is 6. The number of ether oxygens (including phenoxy) is 2. The molecule has 2 aromatic rings. The molecule has 2 aliphatic rings. The molecule has 0 spiro atoms. The Labute approximate surface area is 242 Å². The number of thioether (sulfide) groups is 1. The van der Waals surface area contributed by atoms with Crippen LogP contribution in [0.1, 0.15) is 22.3 Å². The van der Waals surface area contributed by atoms with E-state index in [4.69, 9.17) is 9.47 Å². The molecule has 0 unspecified atom stereocenters. The highest BCUT2D eigenvalue weighted by atomic mass is 32.2. The maximum Gasteiger partial charge on any atom is 0.416 e. The minimum Gasteiger partial charge on any atom is -0.493 e. The molecule has 0 atom stereocenters. The van der Waals surface area contributed by atoms with E-state index in [0.717, 1.165) is 12.3 Å². The van der Waals surface area contributed by atoms with E-state index in [9.17, 15) is 39.6 Å². The number of nitrogens with zero attached hydrogens (tertiary/aromatic N) is 3. The van der Waals surface area contributed by atoms with E-state index in [1.807, 2.05) is 4.90 Å². The van der Waals surface area contributed by atoms with Gasteiger partial charge in [0.2, 0.25) is 10.0 Å². The number of amides is 1. The number of rotatable bonds is 7. The van der Waals surface area contributed by atoms with Crippen LogP contribution in [0.2, 0.25) is 0 Å². The van der Waals surface area contributed by atoms with Crippen molar-refractivity contribution in [3.05, 3.63) is 69.6 Å². The SMILES string of the molecule is COc1cc(C/C=C2\SC(N3CCN(S(C)(=O)=O)CC3)=NC2=O)ccc1OCc1ccc(C(F)(F)F)cc1C(F)(F)F. The molecule has 0 aliphatic carbocycles. The molecule has 0 N–H and O–H groups in total. The average molecular weight is 638 g/mol. The van der Waals surface area contributed by atoms with E-state index in [0.29, 0.717) is 34.8 Å². The summed E-state index contributed by atoms with van der Waals surface area (Å²) in [5.74, 6) is -0.172. The quantitative estimate of drug-likeness (QED) is 0.314. The van der Waals surface area contributed by atoms with Crippen molar-refractivity contribution < 1.29 is 49.0 Å². The number of benzene rings is 2. The van der Waals surface area contributed by atoms with Crippen molar-refractivity contribution >= 4 is 32.9 Å². The van der Waals surface area contributed by atoms with Gasteiger partial charge in [-0.25, -0.2) is 8.42 Å². The van der Waals surface area contributed by atoms with Gasteiger partial charge in [-0.1, -0.05) is 18.2 Å². The molecule has 16 heteroatoms. The summed E-state index contributed by atoms with van der Waals surface area (Å²) in [6.45, 7) is 0.715. The van der Waals surface area contributed by atoms with E-state index in [1.54, 1.807) is 18.2 Å². The Morgan fingerprint density at radius 1 is 0.976 bits per heavy atom. The summed E-state index contributed by atoms with van der Waals surface area (Å²) in [4.78, 5) is 18.8. The lowest BCUT2D eigenvalue weighted by molar-refractivity contribution is -0.143. The van der Waals surface area contributed by atoms with E-state index < -0.39 is 51.6 Å². The molecule has 0 saturated carbocycles. The largest absolute Gasteiger partial charge is 0.493 e. The third-order valence-electron chi connectivity index (χ3n) is 6.46. The van der Waals surface area contributed by atoms with E-state index >= 15 is 0 Å². The second kappa shape index (κ2) is 12.2. The molecule has 1 amide bonds. The topological polar surface area (TPSA) is 88.5 Å². The Kier molecular flexibility index (Phi) is 9.18. The van der Waals surface area contributed by atoms with Crippen LogP contribution in [0.5, 0.6) is 11.5 Å². The summed E-state index contributed by atoms with van der Waals surface area (Å²) in [7, 11) is -1.97. The number of hydrogen-bond acceptors (Lipinski definition) is 7. The lowest BCUT2D eigenvalue weighted by Crippen LogP contribution is -2.49. The molecule has 4 rings (SSSR count). The number of carbonyl (C=O) groups is 1. The summed E-state index contributed by atoms with van der Waals surface area (Å²) < 4.78 is 115. The number of carbonyl (C=O) groups excluding carboxylic acids is 1. The smallest absolute Gasteiger partial charge is 0.416 e. The van der Waals surface area contributed by atoms with Gasteiger partial charge in [-0.2, -0.15) is 35.6 Å². The molecule has 0 bridgehead atoms. The van der Waals surface area contributed by atoms with Crippen molar-refractivity contribution in [1.82, 2.24) is 9.21 Å². The zero-order valence-corrected chi connectivity index (χ0v) is 23.9. The van der Waals surface area contributed by atoms with Crippen LogP contribution in [0.3, 0.4) is 0 Å². The molecule has 228 valence electrons. The summed E-state index contributed by atoms with van der Waals surface area (Å²) in [6, 6.07) is 5.99. The lowest BCUT2D eigenvalue weighted by Gasteiger charge is -2.33. The number of alkyl halides is 6. The molecule has 42 heavy (non-hydrogen) atoms. The van der Waals surface area contributed by atoms with Crippen LogP contribution in [-0.4, -0.2) is 68.2 Å². The summed E-state index contributed by atoms with van der Waals surface area (Å²) in [5.41, 5.74) is -2.66. The Balaban J connectivity index is 1.40. The first-order chi connectivity index (χ1) is 19.6. The van der Waals surface area contributed by atoms with Crippen LogP contribution in [0.25, 0.3) is 0 Å². The Morgan fingerprint density at radius 2 is 1.67 bits per heavy atom. The normalized spacial score (nSPS) is 18.0. The molecule has 8 nitrogen and oxygen atoms in total. The van der Waals surface area contributed by atoms with Crippen LogP contribution in [-0.2, 0) is 40.2 Å². The Hall–Kier alpha value is -3.24. The predicted octanol–water partition coefficient (Wildman–Crippen LogP) is 4.94. The number of aliphatic imine (C=N–C) groups is 1. The molecule has 1 saturated heterocycles. The van der Waals surface area contributed by atoms with Gasteiger partial charge in [0.05, 0.1) is 29.4 Å². The van der Waals surface area contributed by atoms with Gasteiger partial charge in [0, 0.05) is 31.7 Å². The van der Waals surface area contributed by atoms with Crippen molar-refractivity contribution in [2.75, 3.05) is 39.5 Å². The standard InChI is InChI=1S/C26H25F6N3O5S2/c1-39-21-13-16(4-8-22-23(36)33-24(41-22)34-9-11-35(12-10-34)42(2,37)38)3-7-20(21)40-15-17-5-6-18(25(27,28)29)14-19(17)26(30,31)32/h3,5-8,13-14H,4,9-12,15H2,1-2H3/b22-8-. The van der Waals surface area contributed by atoms with E-state index in [-0.39, 0.29) is 37.1 Å². The number of allylic oxidation sites excluding steroid dienone is 1. The fraction of sp³-hybridized carbons (Fsp3) is 0.385. The van der Waals surface area contributed by atoms with Gasteiger partial charge in [0.1, 0.15) is 6.61 Å². The van der Waals surface area contributed by atoms with Crippen LogP contribution in [0.15, 0.2) is 52.4 Å². The van der Waals surface area contributed by atoms with Crippen LogP contribution >= 0.6 is 11.8 Å². The maximum atomic E-state index is 13.5. The van der Waals surface area contributed by atoms with Gasteiger partial charge in [0.15, 0.2) is 16.7 Å². The first-order valence-corrected chi connectivity index (χ1v) is 15.0. The zero-order chi connectivity index (χ0) is 30.9. The van der Waals surface area contributed by atoms with Gasteiger partial charge in [-0.3, -0.25) is 4.79 Å². The van der Waals surface area contributed by atoms with Crippen molar-refractivity contribution in [1.29, 1.82) is 0 Å². The van der Waals surface area contributed by atoms with Gasteiger partial charge in [0.25, 0.3) is 5.91 Å². The summed E-state index contributed by atoms with van der Waals surface area (Å²) in [6.07, 6.45) is -6.86. The highest BCUT2D eigenvalue weighted by Crippen LogP contribution is 2.38. The van der Waals surface area contributed by atoms with Crippen LogP contribution < -0.4 is 9.47 Å². The molecule has 1 fully saturated rings. The highest BCUT2D eigenvalue weighted by molar-refractivity contribution is 8.18. The second-order valence-corrected chi connectivity index (χ2v) is 12.4. The summed E-state index contributed by atoms with van der Waals surface area (Å²) >= 11 is 1.18. The number of sulfonamides is 1. The molecular formula is C26H25F6N3O5S2. The third-order valence-corrected chi connectivity index (χ3v) is 8.86. The molecule has 2 heterocycles. The molecule has 2 aliphatic heterocycles. The minimum atomic E-state index is -5.02. The van der Waals surface area contributed by atoms with Gasteiger partial charge in [-0.15, -0.1) is 0 Å². The summed E-state index contributed by atoms with van der Waals surface area (Å²) in [5, 5.41) is 0.488. The molecule has 0 aromatic heterocycles. The number of piperazine rings is 1. The van der Waals surface area contributed by atoms with Gasteiger partial charge < -0.3 is 14.4 Å². The monoisotopic (exact) mass is 637 g/mol. The second-order valence-electron chi connectivity index (χ2n) is 9.36. The Bertz CT molecular complexity index is 1520. The number of hydrogen-bond donors (Lipinski definition) is 0. The Morgan fingerprint density at radius 3 is 2.26 bits per heavy atom. The number of methoxy groups -OCH3 is 1. The molecular weight excluding hydrogens is 612 g/mol. The minimum absolute atomic E-state index is 0.0551.